The number of aryl methyl sites for hydroxylation is 2. The molecule has 2 rings (SSSR count). The fourth-order valence-corrected chi connectivity index (χ4v) is 2.22. The lowest BCUT2D eigenvalue weighted by atomic mass is 10.1. The monoisotopic (exact) mass is 265 g/mol. The largest absolute Gasteiger partial charge is 0.399 e. The smallest absolute Gasteiger partial charge is 0.260 e. The first-order valence-corrected chi connectivity index (χ1v) is 6.14. The van der Waals surface area contributed by atoms with Crippen molar-refractivity contribution >= 4 is 28.1 Å². The van der Waals surface area contributed by atoms with Gasteiger partial charge in [-0.2, -0.15) is 0 Å². The molecule has 0 unspecified atom stereocenters. The molecule has 2 aromatic rings. The Bertz CT molecular complexity index is 609. The van der Waals surface area contributed by atoms with Crippen LogP contribution >= 0.6 is 11.3 Å². The summed E-state index contributed by atoms with van der Waals surface area (Å²) in [7, 11) is 0. The quantitative estimate of drug-likeness (QED) is 0.820. The number of carbonyl (C=O) groups excluding carboxylic acids is 1. The molecule has 0 aliphatic heterocycles. The fourth-order valence-electron chi connectivity index (χ4n) is 1.54. The molecule has 0 aliphatic rings. The summed E-state index contributed by atoms with van der Waals surface area (Å²) in [6.45, 7) is 3.38. The van der Waals surface area contributed by atoms with Gasteiger partial charge in [0.05, 0.1) is 11.3 Å². The van der Waals surface area contributed by atoms with Crippen LogP contribution in [-0.2, 0) is 0 Å². The molecule has 3 N–H and O–H groups in total. The summed E-state index contributed by atoms with van der Waals surface area (Å²) >= 11 is 1.29. The summed E-state index contributed by atoms with van der Waals surface area (Å²) in [4.78, 5) is 16.0. The maximum absolute atomic E-state index is 13.8. The van der Waals surface area contributed by atoms with Gasteiger partial charge in [0, 0.05) is 11.1 Å². The summed E-state index contributed by atoms with van der Waals surface area (Å²) in [5.41, 5.74) is 7.04. The molecule has 0 atom stereocenters. The number of aromatic nitrogens is 1. The van der Waals surface area contributed by atoms with E-state index in [2.05, 4.69) is 10.3 Å². The zero-order valence-corrected chi connectivity index (χ0v) is 10.8. The number of rotatable bonds is 2. The van der Waals surface area contributed by atoms with Gasteiger partial charge in [0.15, 0.2) is 5.13 Å². The maximum atomic E-state index is 13.8. The van der Waals surface area contributed by atoms with Gasteiger partial charge >= 0.3 is 0 Å². The number of anilines is 2. The van der Waals surface area contributed by atoms with Crippen molar-refractivity contribution in [2.45, 2.75) is 13.8 Å². The highest BCUT2D eigenvalue weighted by molar-refractivity contribution is 7.13. The highest BCUT2D eigenvalue weighted by Gasteiger charge is 2.15. The second kappa shape index (κ2) is 4.73. The molecule has 1 aromatic carbocycles. The first-order chi connectivity index (χ1) is 8.47. The van der Waals surface area contributed by atoms with Crippen LogP contribution in [-0.4, -0.2) is 10.9 Å². The molecule has 0 saturated carbocycles. The average Bonchev–Trinajstić information content (AvgIpc) is 2.69. The van der Waals surface area contributed by atoms with Crippen molar-refractivity contribution in [3.05, 3.63) is 40.2 Å². The van der Waals surface area contributed by atoms with E-state index in [0.29, 0.717) is 16.4 Å². The Morgan fingerprint density at radius 3 is 2.78 bits per heavy atom. The van der Waals surface area contributed by atoms with Crippen molar-refractivity contribution in [1.82, 2.24) is 4.98 Å². The van der Waals surface area contributed by atoms with Crippen LogP contribution < -0.4 is 11.1 Å². The molecule has 4 nitrogen and oxygen atoms in total. The molecule has 1 amide bonds. The van der Waals surface area contributed by atoms with E-state index in [0.717, 1.165) is 5.69 Å². The van der Waals surface area contributed by atoms with E-state index in [4.69, 9.17) is 5.73 Å². The number of nitrogens with one attached hydrogen (secondary N) is 1. The number of halogens is 1. The molecule has 1 heterocycles. The first kappa shape index (κ1) is 12.5. The molecule has 0 fully saturated rings. The Morgan fingerprint density at radius 2 is 2.17 bits per heavy atom. The fraction of sp³-hybridized carbons (Fsp3) is 0.167. The van der Waals surface area contributed by atoms with Gasteiger partial charge in [-0.1, -0.05) is 0 Å². The van der Waals surface area contributed by atoms with Crippen molar-refractivity contribution in [1.29, 1.82) is 0 Å². The molecule has 0 bridgehead atoms. The van der Waals surface area contributed by atoms with Crippen molar-refractivity contribution < 1.29 is 9.18 Å². The van der Waals surface area contributed by atoms with E-state index >= 15 is 0 Å². The SMILES string of the molecule is Cc1csc(NC(=O)c2cc(N)cc(C)c2F)n1. The second-order valence-electron chi connectivity index (χ2n) is 3.95. The lowest BCUT2D eigenvalue weighted by Crippen LogP contribution is -2.14. The van der Waals surface area contributed by atoms with Crippen LogP contribution in [0.25, 0.3) is 0 Å². The minimum absolute atomic E-state index is 0.0691. The normalized spacial score (nSPS) is 10.4. The molecule has 0 aliphatic carbocycles. The highest BCUT2D eigenvalue weighted by Crippen LogP contribution is 2.20. The molecule has 0 saturated heterocycles. The summed E-state index contributed by atoms with van der Waals surface area (Å²) in [5.74, 6) is -1.10. The zero-order chi connectivity index (χ0) is 13.3. The summed E-state index contributed by atoms with van der Waals surface area (Å²) in [6.07, 6.45) is 0. The van der Waals surface area contributed by atoms with Gasteiger partial charge in [0.1, 0.15) is 5.82 Å². The third-order valence-electron chi connectivity index (χ3n) is 2.36. The van der Waals surface area contributed by atoms with E-state index in [9.17, 15) is 9.18 Å². The van der Waals surface area contributed by atoms with Crippen molar-refractivity contribution in [2.24, 2.45) is 0 Å². The van der Waals surface area contributed by atoms with Crippen LogP contribution in [0.2, 0.25) is 0 Å². The molecule has 6 heteroatoms. The number of amides is 1. The second-order valence-corrected chi connectivity index (χ2v) is 4.81. The van der Waals surface area contributed by atoms with E-state index in [1.165, 1.54) is 23.5 Å². The van der Waals surface area contributed by atoms with Crippen LogP contribution in [0, 0.1) is 19.7 Å². The van der Waals surface area contributed by atoms with Gasteiger partial charge in [-0.3, -0.25) is 10.1 Å². The van der Waals surface area contributed by atoms with Crippen molar-refractivity contribution in [3.63, 3.8) is 0 Å². The Balaban J connectivity index is 2.29. The van der Waals surface area contributed by atoms with Crippen LogP contribution in [0.3, 0.4) is 0 Å². The predicted molar refractivity (Wildman–Crippen MR) is 70.4 cm³/mol. The molecule has 18 heavy (non-hydrogen) atoms. The van der Waals surface area contributed by atoms with E-state index in [1.807, 2.05) is 6.92 Å². The lowest BCUT2D eigenvalue weighted by Gasteiger charge is -2.06. The molecule has 0 spiro atoms. The standard InChI is InChI=1S/C12H12FN3OS/c1-6-3-8(14)4-9(10(6)13)11(17)16-12-15-7(2)5-18-12/h3-5H,14H2,1-2H3,(H,15,16,17). The van der Waals surface area contributed by atoms with Gasteiger partial charge in [0.25, 0.3) is 5.91 Å². The van der Waals surface area contributed by atoms with E-state index in [-0.39, 0.29) is 5.56 Å². The van der Waals surface area contributed by atoms with Gasteiger partial charge < -0.3 is 5.73 Å². The van der Waals surface area contributed by atoms with E-state index in [1.54, 1.807) is 12.3 Å². The van der Waals surface area contributed by atoms with Gasteiger partial charge in [0.2, 0.25) is 0 Å². The van der Waals surface area contributed by atoms with E-state index < -0.39 is 11.7 Å². The third kappa shape index (κ3) is 2.48. The van der Waals surface area contributed by atoms with Gasteiger partial charge in [-0.05, 0) is 31.5 Å². The summed E-state index contributed by atoms with van der Waals surface area (Å²) in [5, 5.41) is 4.79. The van der Waals surface area contributed by atoms with Gasteiger partial charge in [-0.25, -0.2) is 9.37 Å². The molecule has 0 radical (unpaired) electrons. The van der Waals surface area contributed by atoms with Crippen molar-refractivity contribution in [3.8, 4) is 0 Å². The van der Waals surface area contributed by atoms with Crippen LogP contribution in [0.4, 0.5) is 15.2 Å². The first-order valence-electron chi connectivity index (χ1n) is 5.26. The minimum atomic E-state index is -0.560. The highest BCUT2D eigenvalue weighted by atomic mass is 32.1. The van der Waals surface area contributed by atoms with Crippen LogP contribution in [0.1, 0.15) is 21.6 Å². The number of thiazole rings is 1. The van der Waals surface area contributed by atoms with Crippen LogP contribution in [0.15, 0.2) is 17.5 Å². The summed E-state index contributed by atoms with van der Waals surface area (Å²) < 4.78 is 13.8. The van der Waals surface area contributed by atoms with Crippen molar-refractivity contribution in [2.75, 3.05) is 11.1 Å². The Morgan fingerprint density at radius 1 is 1.44 bits per heavy atom. The Labute approximate surface area is 108 Å². The maximum Gasteiger partial charge on any atom is 0.260 e. The van der Waals surface area contributed by atoms with Gasteiger partial charge in [-0.15, -0.1) is 11.3 Å². The molecular formula is C12H12FN3OS. The van der Waals surface area contributed by atoms with Crippen LogP contribution in [0.5, 0.6) is 0 Å². The lowest BCUT2D eigenvalue weighted by molar-refractivity contribution is 0.102. The molecule has 94 valence electrons. The number of hydrogen-bond donors (Lipinski definition) is 2. The average molecular weight is 265 g/mol. The topological polar surface area (TPSA) is 68.0 Å². The molecular weight excluding hydrogens is 253 g/mol. The number of carbonyl (C=O) groups is 1. The third-order valence-corrected chi connectivity index (χ3v) is 3.24. The number of benzene rings is 1. The minimum Gasteiger partial charge on any atom is -0.399 e. The predicted octanol–water partition coefficient (Wildman–Crippen LogP) is 2.73. The molecule has 1 aromatic heterocycles. The number of hydrogen-bond acceptors (Lipinski definition) is 4. The number of nitrogen functional groups attached to an aromatic ring is 1. The number of nitrogens with zero attached hydrogens (tertiary/aromatic N) is 1. The Kier molecular flexibility index (Phi) is 3.29. The number of nitrogens with two attached hydrogens (primary N) is 1. The zero-order valence-electron chi connectivity index (χ0n) is 9.95. The summed E-state index contributed by atoms with van der Waals surface area (Å²) in [6, 6.07) is 2.80. The Hall–Kier alpha value is -1.95.